The normalized spacial score (nSPS) is 11.2. The molecule has 0 radical (unpaired) electrons. The molecule has 0 aliphatic heterocycles. The van der Waals surface area contributed by atoms with Crippen molar-refractivity contribution in [3.8, 4) is 0 Å². The van der Waals surface area contributed by atoms with Gasteiger partial charge in [0.15, 0.2) is 5.84 Å². The lowest BCUT2D eigenvalue weighted by Gasteiger charge is -2.10. The van der Waals surface area contributed by atoms with E-state index in [1.807, 2.05) is 0 Å². The van der Waals surface area contributed by atoms with E-state index in [9.17, 15) is 4.79 Å². The predicted molar refractivity (Wildman–Crippen MR) is 57.0 cm³/mol. The summed E-state index contributed by atoms with van der Waals surface area (Å²) in [5.74, 6) is -0.133. The maximum Gasteiger partial charge on any atom is 0.253 e. The average molecular weight is 207 g/mol. The molecule has 0 spiro atoms. The molecule has 0 saturated heterocycles. The molecule has 0 aliphatic rings. The third-order valence-corrected chi connectivity index (χ3v) is 1.92. The summed E-state index contributed by atoms with van der Waals surface area (Å²) < 4.78 is 0. The molecular weight excluding hydrogens is 194 g/mol. The van der Waals surface area contributed by atoms with Gasteiger partial charge in [-0.1, -0.05) is 17.3 Å². The van der Waals surface area contributed by atoms with E-state index in [1.54, 1.807) is 38.4 Å². The summed E-state index contributed by atoms with van der Waals surface area (Å²) in [5.41, 5.74) is 6.44. The molecule has 0 atom stereocenters. The first-order valence-electron chi connectivity index (χ1n) is 4.36. The quantitative estimate of drug-likeness (QED) is 0.320. The molecule has 1 amide bonds. The highest BCUT2D eigenvalue weighted by Crippen LogP contribution is 2.06. The number of carbonyl (C=O) groups is 1. The van der Waals surface area contributed by atoms with Gasteiger partial charge in [0.2, 0.25) is 0 Å². The molecule has 0 heterocycles. The number of rotatable bonds is 2. The summed E-state index contributed by atoms with van der Waals surface area (Å²) >= 11 is 0. The maximum absolute atomic E-state index is 11.6. The summed E-state index contributed by atoms with van der Waals surface area (Å²) in [7, 11) is 3.33. The van der Waals surface area contributed by atoms with E-state index in [-0.39, 0.29) is 11.7 Å². The Morgan fingerprint density at radius 1 is 1.40 bits per heavy atom. The van der Waals surface area contributed by atoms with E-state index < -0.39 is 0 Å². The first kappa shape index (κ1) is 11.0. The summed E-state index contributed by atoms with van der Waals surface area (Å²) in [5, 5.41) is 11.4. The van der Waals surface area contributed by atoms with Crippen LogP contribution in [-0.2, 0) is 0 Å². The number of hydrogen-bond acceptors (Lipinski definition) is 3. The lowest BCUT2D eigenvalue weighted by atomic mass is 10.1. The van der Waals surface area contributed by atoms with Crippen molar-refractivity contribution in [1.82, 2.24) is 4.90 Å². The standard InChI is InChI=1S/C10H13N3O2/c1-13(2)10(14)8-5-3-4-7(6-8)9(11)12-15/h3-6,15H,1-2H3,(H2,11,12). The molecule has 3 N–H and O–H groups in total. The van der Waals surface area contributed by atoms with Gasteiger partial charge in [-0.2, -0.15) is 0 Å². The van der Waals surface area contributed by atoms with E-state index in [2.05, 4.69) is 5.16 Å². The van der Waals surface area contributed by atoms with Crippen LogP contribution >= 0.6 is 0 Å². The molecule has 5 heteroatoms. The average Bonchev–Trinajstić information content (AvgIpc) is 2.27. The van der Waals surface area contributed by atoms with Crippen LogP contribution in [0.2, 0.25) is 0 Å². The van der Waals surface area contributed by atoms with Crippen LogP contribution in [0.3, 0.4) is 0 Å². The van der Waals surface area contributed by atoms with E-state index in [1.165, 1.54) is 4.90 Å². The van der Waals surface area contributed by atoms with Crippen LogP contribution in [0.15, 0.2) is 29.4 Å². The molecule has 0 aromatic heterocycles. The van der Waals surface area contributed by atoms with Crippen LogP contribution in [0.5, 0.6) is 0 Å². The minimum Gasteiger partial charge on any atom is -0.409 e. The third kappa shape index (κ3) is 2.46. The van der Waals surface area contributed by atoms with Crippen LogP contribution in [0, 0.1) is 0 Å². The number of amides is 1. The van der Waals surface area contributed by atoms with Gasteiger partial charge in [-0.25, -0.2) is 0 Å². The first-order chi connectivity index (χ1) is 7.06. The summed E-state index contributed by atoms with van der Waals surface area (Å²) in [6.45, 7) is 0. The minimum atomic E-state index is -0.123. The van der Waals surface area contributed by atoms with Crippen LogP contribution in [-0.4, -0.2) is 35.9 Å². The Bertz CT molecular complexity index is 399. The lowest BCUT2D eigenvalue weighted by molar-refractivity contribution is 0.0827. The Kier molecular flexibility index (Phi) is 3.28. The number of benzene rings is 1. The fraction of sp³-hybridized carbons (Fsp3) is 0.200. The molecule has 1 aromatic carbocycles. The summed E-state index contributed by atoms with van der Waals surface area (Å²) in [6.07, 6.45) is 0. The van der Waals surface area contributed by atoms with Gasteiger partial charge < -0.3 is 15.8 Å². The Morgan fingerprint density at radius 2 is 2.00 bits per heavy atom. The maximum atomic E-state index is 11.6. The fourth-order valence-electron chi connectivity index (χ4n) is 1.13. The zero-order valence-electron chi connectivity index (χ0n) is 8.64. The monoisotopic (exact) mass is 207 g/mol. The third-order valence-electron chi connectivity index (χ3n) is 1.92. The van der Waals surface area contributed by atoms with Crippen molar-refractivity contribution in [2.45, 2.75) is 0 Å². The van der Waals surface area contributed by atoms with Crippen molar-refractivity contribution in [2.24, 2.45) is 10.9 Å². The lowest BCUT2D eigenvalue weighted by Crippen LogP contribution is -2.22. The Balaban J connectivity index is 3.08. The van der Waals surface area contributed by atoms with Gasteiger partial charge >= 0.3 is 0 Å². The highest BCUT2D eigenvalue weighted by molar-refractivity contribution is 6.00. The van der Waals surface area contributed by atoms with E-state index in [0.717, 1.165) is 0 Å². The Morgan fingerprint density at radius 3 is 2.53 bits per heavy atom. The van der Waals surface area contributed by atoms with Crippen molar-refractivity contribution >= 4 is 11.7 Å². The fourth-order valence-corrected chi connectivity index (χ4v) is 1.13. The molecule has 80 valence electrons. The molecule has 1 rings (SSSR count). The van der Waals surface area contributed by atoms with Crippen LogP contribution in [0.4, 0.5) is 0 Å². The van der Waals surface area contributed by atoms with E-state index in [4.69, 9.17) is 10.9 Å². The van der Waals surface area contributed by atoms with Crippen molar-refractivity contribution in [1.29, 1.82) is 0 Å². The van der Waals surface area contributed by atoms with Crippen molar-refractivity contribution < 1.29 is 10.0 Å². The molecule has 0 saturated carbocycles. The van der Waals surface area contributed by atoms with Crippen molar-refractivity contribution in [3.05, 3.63) is 35.4 Å². The van der Waals surface area contributed by atoms with Gasteiger partial charge in [-0.3, -0.25) is 4.79 Å². The molecule has 0 aliphatic carbocycles. The minimum absolute atomic E-state index is 0.0107. The topological polar surface area (TPSA) is 78.9 Å². The Labute approximate surface area is 87.8 Å². The molecular formula is C10H13N3O2. The van der Waals surface area contributed by atoms with Crippen molar-refractivity contribution in [2.75, 3.05) is 14.1 Å². The van der Waals surface area contributed by atoms with Gasteiger partial charge in [0.1, 0.15) is 0 Å². The predicted octanol–water partition coefficient (Wildman–Crippen LogP) is 0.483. The van der Waals surface area contributed by atoms with Gasteiger partial charge in [-0.15, -0.1) is 0 Å². The number of hydrogen-bond donors (Lipinski definition) is 2. The molecule has 0 fully saturated rings. The molecule has 15 heavy (non-hydrogen) atoms. The van der Waals surface area contributed by atoms with Crippen molar-refractivity contribution in [3.63, 3.8) is 0 Å². The Hall–Kier alpha value is -2.04. The van der Waals surface area contributed by atoms with E-state index >= 15 is 0 Å². The second-order valence-electron chi connectivity index (χ2n) is 3.27. The number of amidine groups is 1. The molecule has 0 unspecified atom stereocenters. The van der Waals surface area contributed by atoms with Crippen LogP contribution in [0.25, 0.3) is 0 Å². The van der Waals surface area contributed by atoms with Crippen LogP contribution < -0.4 is 5.73 Å². The van der Waals surface area contributed by atoms with Crippen LogP contribution in [0.1, 0.15) is 15.9 Å². The second kappa shape index (κ2) is 4.45. The highest BCUT2D eigenvalue weighted by atomic mass is 16.4. The molecule has 5 nitrogen and oxygen atoms in total. The van der Waals surface area contributed by atoms with E-state index in [0.29, 0.717) is 11.1 Å². The van der Waals surface area contributed by atoms with Gasteiger partial charge in [0, 0.05) is 25.2 Å². The van der Waals surface area contributed by atoms with Gasteiger partial charge in [0.25, 0.3) is 5.91 Å². The number of nitrogens with zero attached hydrogens (tertiary/aromatic N) is 2. The van der Waals surface area contributed by atoms with Gasteiger partial charge in [-0.05, 0) is 12.1 Å². The van der Waals surface area contributed by atoms with Gasteiger partial charge in [0.05, 0.1) is 0 Å². The summed E-state index contributed by atoms with van der Waals surface area (Å²) in [4.78, 5) is 13.1. The SMILES string of the molecule is CN(C)C(=O)c1cccc(/C(N)=N/O)c1. The number of nitrogens with two attached hydrogens (primary N) is 1. The number of carbonyl (C=O) groups excluding carboxylic acids is 1. The highest BCUT2D eigenvalue weighted by Gasteiger charge is 2.09. The number of oxime groups is 1. The largest absolute Gasteiger partial charge is 0.409 e. The summed E-state index contributed by atoms with van der Waals surface area (Å²) in [6, 6.07) is 6.61. The molecule has 1 aromatic rings. The smallest absolute Gasteiger partial charge is 0.253 e. The zero-order valence-corrected chi connectivity index (χ0v) is 8.64. The molecule has 0 bridgehead atoms. The first-order valence-corrected chi connectivity index (χ1v) is 4.36. The second-order valence-corrected chi connectivity index (χ2v) is 3.27. The zero-order chi connectivity index (χ0) is 11.4.